The quantitative estimate of drug-likeness (QED) is 0.695. The molecule has 1 unspecified atom stereocenters. The number of carbonyl (C=O) groups is 1. The van der Waals surface area contributed by atoms with Crippen LogP contribution in [0.2, 0.25) is 0 Å². The van der Waals surface area contributed by atoms with Crippen LogP contribution in [0.25, 0.3) is 11.0 Å². The van der Waals surface area contributed by atoms with Crippen molar-refractivity contribution < 1.29 is 13.9 Å². The summed E-state index contributed by atoms with van der Waals surface area (Å²) in [6.45, 7) is 5.95. The highest BCUT2D eigenvalue weighted by atomic mass is 16.5. The molecule has 0 aliphatic rings. The Balaban J connectivity index is 1.67. The van der Waals surface area contributed by atoms with Crippen LogP contribution in [0.5, 0.6) is 5.75 Å². The van der Waals surface area contributed by atoms with Crippen molar-refractivity contribution in [3.63, 3.8) is 0 Å². The van der Waals surface area contributed by atoms with Gasteiger partial charge in [0.25, 0.3) is 5.91 Å². The van der Waals surface area contributed by atoms with Crippen molar-refractivity contribution in [2.24, 2.45) is 0 Å². The maximum Gasteiger partial charge on any atom is 0.336 e. The van der Waals surface area contributed by atoms with Crippen LogP contribution in [0.3, 0.4) is 0 Å². The summed E-state index contributed by atoms with van der Waals surface area (Å²) in [5.41, 5.74) is 1.91. The molecule has 0 bridgehead atoms. The molecule has 5 heteroatoms. The average molecular weight is 351 g/mol. The third-order valence-electron chi connectivity index (χ3n) is 4.12. The Labute approximate surface area is 151 Å². The van der Waals surface area contributed by atoms with Crippen molar-refractivity contribution in [1.82, 2.24) is 0 Å². The molecule has 0 aliphatic carbocycles. The summed E-state index contributed by atoms with van der Waals surface area (Å²) in [6.07, 6.45) is -0.649. The van der Waals surface area contributed by atoms with Crippen LogP contribution < -0.4 is 15.7 Å². The number of hydrogen-bond acceptors (Lipinski definition) is 4. The molecule has 1 atom stereocenters. The molecule has 0 aliphatic heterocycles. The van der Waals surface area contributed by atoms with Gasteiger partial charge in [-0.1, -0.05) is 26.0 Å². The predicted octanol–water partition coefficient (Wildman–Crippen LogP) is 4.32. The Bertz CT molecular complexity index is 973. The Morgan fingerprint density at radius 3 is 2.42 bits per heavy atom. The number of fused-ring (bicyclic) bond motifs is 1. The van der Waals surface area contributed by atoms with Gasteiger partial charge in [0.15, 0.2) is 6.10 Å². The number of ether oxygens (including phenoxy) is 1. The highest BCUT2D eigenvalue weighted by molar-refractivity contribution is 5.96. The molecule has 1 N–H and O–H groups in total. The largest absolute Gasteiger partial charge is 0.481 e. The molecule has 5 nitrogen and oxygen atoms in total. The summed E-state index contributed by atoms with van der Waals surface area (Å²) in [6, 6.07) is 15.8. The van der Waals surface area contributed by atoms with Crippen LogP contribution in [0, 0.1) is 0 Å². The predicted molar refractivity (Wildman–Crippen MR) is 102 cm³/mol. The van der Waals surface area contributed by atoms with Crippen molar-refractivity contribution in [3.05, 3.63) is 70.6 Å². The second-order valence-electron chi connectivity index (χ2n) is 6.48. The van der Waals surface area contributed by atoms with Crippen LogP contribution in [0.15, 0.2) is 63.8 Å². The van der Waals surface area contributed by atoms with E-state index in [9.17, 15) is 9.59 Å². The fraction of sp³-hybridized carbons (Fsp3) is 0.238. The van der Waals surface area contributed by atoms with Gasteiger partial charge in [0.05, 0.1) is 0 Å². The van der Waals surface area contributed by atoms with Crippen LogP contribution in [-0.2, 0) is 4.79 Å². The lowest BCUT2D eigenvalue weighted by Gasteiger charge is -2.15. The summed E-state index contributed by atoms with van der Waals surface area (Å²) in [7, 11) is 0. The molecule has 26 heavy (non-hydrogen) atoms. The number of benzene rings is 2. The van der Waals surface area contributed by atoms with E-state index in [1.54, 1.807) is 31.2 Å². The smallest absolute Gasteiger partial charge is 0.336 e. The normalized spacial score (nSPS) is 12.2. The van der Waals surface area contributed by atoms with E-state index in [1.807, 2.05) is 24.3 Å². The van der Waals surface area contributed by atoms with E-state index in [0.717, 1.165) is 5.39 Å². The standard InChI is InChI=1S/C21H21NO4/c1-13(2)15-4-8-18(9-5-15)25-14(3)21(24)22-17-7-10-19-16(12-17)6-11-20(23)26-19/h4-14H,1-3H3,(H,22,24). The lowest BCUT2D eigenvalue weighted by Crippen LogP contribution is -2.30. The molecule has 1 amide bonds. The molecule has 0 saturated carbocycles. The van der Waals surface area contributed by atoms with E-state index in [4.69, 9.17) is 9.15 Å². The van der Waals surface area contributed by atoms with Gasteiger partial charge in [-0.15, -0.1) is 0 Å². The first-order chi connectivity index (χ1) is 12.4. The number of amides is 1. The van der Waals surface area contributed by atoms with Gasteiger partial charge in [-0.2, -0.15) is 0 Å². The van der Waals surface area contributed by atoms with Gasteiger partial charge in [-0.05, 0) is 54.8 Å². The molecule has 1 aromatic heterocycles. The first-order valence-electron chi connectivity index (χ1n) is 8.54. The Morgan fingerprint density at radius 2 is 1.73 bits per heavy atom. The zero-order valence-electron chi connectivity index (χ0n) is 15.0. The van der Waals surface area contributed by atoms with Gasteiger partial charge < -0.3 is 14.5 Å². The third-order valence-corrected chi connectivity index (χ3v) is 4.12. The Hall–Kier alpha value is -3.08. The molecule has 0 fully saturated rings. The summed E-state index contributed by atoms with van der Waals surface area (Å²) in [5, 5.41) is 3.55. The highest BCUT2D eigenvalue weighted by Gasteiger charge is 2.15. The molecule has 0 saturated heterocycles. The number of rotatable bonds is 5. The average Bonchev–Trinajstić information content (AvgIpc) is 2.62. The lowest BCUT2D eigenvalue weighted by atomic mass is 10.0. The molecule has 2 aromatic carbocycles. The monoisotopic (exact) mass is 351 g/mol. The minimum absolute atomic E-state index is 0.255. The molecule has 3 rings (SSSR count). The second-order valence-corrected chi connectivity index (χ2v) is 6.48. The van der Waals surface area contributed by atoms with Gasteiger partial charge in [-0.3, -0.25) is 4.79 Å². The maximum absolute atomic E-state index is 12.4. The van der Waals surface area contributed by atoms with Crippen molar-refractivity contribution in [2.45, 2.75) is 32.8 Å². The van der Waals surface area contributed by atoms with E-state index in [2.05, 4.69) is 19.2 Å². The zero-order chi connectivity index (χ0) is 18.7. The van der Waals surface area contributed by atoms with Crippen molar-refractivity contribution in [1.29, 1.82) is 0 Å². The third kappa shape index (κ3) is 4.11. The molecule has 0 spiro atoms. The maximum atomic E-state index is 12.4. The fourth-order valence-corrected chi connectivity index (χ4v) is 2.58. The number of nitrogens with one attached hydrogen (secondary N) is 1. The number of carbonyl (C=O) groups excluding carboxylic acids is 1. The summed E-state index contributed by atoms with van der Waals surface area (Å²) < 4.78 is 10.8. The van der Waals surface area contributed by atoms with Gasteiger partial charge in [0.2, 0.25) is 0 Å². The molecule has 3 aromatic rings. The van der Waals surface area contributed by atoms with Crippen LogP contribution >= 0.6 is 0 Å². The minimum Gasteiger partial charge on any atom is -0.481 e. The molecule has 1 heterocycles. The van der Waals surface area contributed by atoms with Gasteiger partial charge >= 0.3 is 5.63 Å². The fourth-order valence-electron chi connectivity index (χ4n) is 2.58. The first kappa shape index (κ1) is 17.7. The van der Waals surface area contributed by atoms with E-state index in [0.29, 0.717) is 22.9 Å². The highest BCUT2D eigenvalue weighted by Crippen LogP contribution is 2.21. The van der Waals surface area contributed by atoms with Crippen molar-refractivity contribution in [2.75, 3.05) is 5.32 Å². The Kier molecular flexibility index (Phi) is 5.07. The van der Waals surface area contributed by atoms with Crippen molar-refractivity contribution in [3.8, 4) is 5.75 Å². The van der Waals surface area contributed by atoms with E-state index in [1.165, 1.54) is 11.6 Å². The topological polar surface area (TPSA) is 68.5 Å². The minimum atomic E-state index is -0.649. The van der Waals surface area contributed by atoms with Gasteiger partial charge in [0, 0.05) is 17.1 Å². The first-order valence-corrected chi connectivity index (χ1v) is 8.54. The second kappa shape index (κ2) is 7.44. The van der Waals surface area contributed by atoms with E-state index < -0.39 is 11.7 Å². The van der Waals surface area contributed by atoms with E-state index in [-0.39, 0.29) is 5.91 Å². The summed E-state index contributed by atoms with van der Waals surface area (Å²) in [4.78, 5) is 23.6. The van der Waals surface area contributed by atoms with E-state index >= 15 is 0 Å². The molecular formula is C21H21NO4. The number of anilines is 1. The Morgan fingerprint density at radius 1 is 1.00 bits per heavy atom. The van der Waals surface area contributed by atoms with Crippen LogP contribution in [-0.4, -0.2) is 12.0 Å². The lowest BCUT2D eigenvalue weighted by molar-refractivity contribution is -0.122. The molecule has 0 radical (unpaired) electrons. The van der Waals surface area contributed by atoms with Gasteiger partial charge in [-0.25, -0.2) is 4.79 Å². The number of hydrogen-bond donors (Lipinski definition) is 1. The SMILES string of the molecule is CC(Oc1ccc(C(C)C)cc1)C(=O)Nc1ccc2oc(=O)ccc2c1. The molecule has 134 valence electrons. The van der Waals surface area contributed by atoms with Crippen LogP contribution in [0.4, 0.5) is 5.69 Å². The van der Waals surface area contributed by atoms with Crippen molar-refractivity contribution >= 4 is 22.6 Å². The van der Waals surface area contributed by atoms with Gasteiger partial charge in [0.1, 0.15) is 11.3 Å². The summed E-state index contributed by atoms with van der Waals surface area (Å²) in [5.74, 6) is 0.842. The summed E-state index contributed by atoms with van der Waals surface area (Å²) >= 11 is 0. The van der Waals surface area contributed by atoms with Crippen LogP contribution in [0.1, 0.15) is 32.3 Å². The molecular weight excluding hydrogens is 330 g/mol. The zero-order valence-corrected chi connectivity index (χ0v) is 15.0.